The van der Waals surface area contributed by atoms with Crippen LogP contribution in [0.2, 0.25) is 0 Å². The second-order valence-electron chi connectivity index (χ2n) is 4.13. The van der Waals surface area contributed by atoms with Crippen molar-refractivity contribution in [3.8, 4) is 0 Å². The van der Waals surface area contributed by atoms with Gasteiger partial charge >= 0.3 is 0 Å². The van der Waals surface area contributed by atoms with Gasteiger partial charge in [-0.05, 0) is 30.5 Å². The molecule has 1 aromatic rings. The first kappa shape index (κ1) is 11.0. The van der Waals surface area contributed by atoms with Crippen molar-refractivity contribution in [2.24, 2.45) is 0 Å². The first-order valence-electron chi connectivity index (χ1n) is 5.76. The van der Waals surface area contributed by atoms with E-state index < -0.39 is 0 Å². The molecule has 1 aliphatic heterocycles. The zero-order chi connectivity index (χ0) is 11.4. The molecule has 0 saturated carbocycles. The number of nitrogens with one attached hydrogen (secondary N) is 1. The molecule has 85 valence electrons. The van der Waals surface area contributed by atoms with Gasteiger partial charge in [-0.3, -0.25) is 4.79 Å². The van der Waals surface area contributed by atoms with Crippen LogP contribution < -0.4 is 10.2 Å². The van der Waals surface area contributed by atoms with Crippen LogP contribution in [-0.2, 0) is 11.2 Å². The monoisotopic (exact) mass is 217 g/mol. The Morgan fingerprint density at radius 2 is 2.50 bits per heavy atom. The lowest BCUT2D eigenvalue weighted by molar-refractivity contribution is -0.118. The van der Waals surface area contributed by atoms with Crippen molar-refractivity contribution in [2.45, 2.75) is 19.8 Å². The largest absolute Gasteiger partial charge is 0.370 e. The molecule has 0 aromatic heterocycles. The SMILES string of the molecule is CC(=O)NCCN1CCCc2cc[c]cc21. The van der Waals surface area contributed by atoms with Crippen LogP contribution in [0.25, 0.3) is 0 Å². The number of amides is 1. The van der Waals surface area contributed by atoms with Gasteiger partial charge in [0.15, 0.2) is 0 Å². The summed E-state index contributed by atoms with van der Waals surface area (Å²) in [4.78, 5) is 13.1. The Morgan fingerprint density at radius 1 is 1.62 bits per heavy atom. The summed E-state index contributed by atoms with van der Waals surface area (Å²) in [7, 11) is 0. The van der Waals surface area contributed by atoms with Gasteiger partial charge in [0.05, 0.1) is 0 Å². The lowest BCUT2D eigenvalue weighted by Crippen LogP contribution is -2.36. The molecule has 16 heavy (non-hydrogen) atoms. The molecule has 0 bridgehead atoms. The minimum Gasteiger partial charge on any atom is -0.370 e. The summed E-state index contributed by atoms with van der Waals surface area (Å²) in [6.07, 6.45) is 2.34. The number of hydrogen-bond donors (Lipinski definition) is 1. The molecule has 1 aromatic carbocycles. The van der Waals surface area contributed by atoms with E-state index in [9.17, 15) is 4.79 Å². The van der Waals surface area contributed by atoms with Crippen molar-refractivity contribution >= 4 is 11.6 Å². The van der Waals surface area contributed by atoms with Crippen LogP contribution in [-0.4, -0.2) is 25.5 Å². The van der Waals surface area contributed by atoms with E-state index in [0.29, 0.717) is 6.54 Å². The third-order valence-electron chi connectivity index (χ3n) is 2.90. The molecule has 1 N–H and O–H groups in total. The van der Waals surface area contributed by atoms with Crippen LogP contribution in [0.3, 0.4) is 0 Å². The van der Waals surface area contributed by atoms with E-state index in [4.69, 9.17) is 0 Å². The Morgan fingerprint density at radius 3 is 3.31 bits per heavy atom. The Balaban J connectivity index is 1.99. The maximum atomic E-state index is 10.8. The fourth-order valence-electron chi connectivity index (χ4n) is 2.14. The second-order valence-corrected chi connectivity index (χ2v) is 4.13. The third kappa shape index (κ3) is 2.54. The van der Waals surface area contributed by atoms with Crippen molar-refractivity contribution in [3.63, 3.8) is 0 Å². The molecule has 0 fully saturated rings. The normalized spacial score (nSPS) is 14.4. The lowest BCUT2D eigenvalue weighted by Gasteiger charge is -2.31. The molecule has 1 radical (unpaired) electrons. The minimum absolute atomic E-state index is 0.0388. The summed E-state index contributed by atoms with van der Waals surface area (Å²) >= 11 is 0. The van der Waals surface area contributed by atoms with Crippen molar-refractivity contribution < 1.29 is 4.79 Å². The van der Waals surface area contributed by atoms with E-state index in [2.05, 4.69) is 22.3 Å². The fraction of sp³-hybridized carbons (Fsp3) is 0.462. The van der Waals surface area contributed by atoms with E-state index in [1.165, 1.54) is 17.7 Å². The predicted molar refractivity (Wildman–Crippen MR) is 64.5 cm³/mol. The van der Waals surface area contributed by atoms with Gasteiger partial charge in [-0.25, -0.2) is 0 Å². The molecule has 1 amide bonds. The van der Waals surface area contributed by atoms with Crippen LogP contribution in [0, 0.1) is 6.07 Å². The van der Waals surface area contributed by atoms with Crippen molar-refractivity contribution in [3.05, 3.63) is 29.8 Å². The van der Waals surface area contributed by atoms with Crippen LogP contribution >= 0.6 is 0 Å². The summed E-state index contributed by atoms with van der Waals surface area (Å²) in [6, 6.07) is 9.27. The van der Waals surface area contributed by atoms with Gasteiger partial charge in [-0.15, -0.1) is 0 Å². The van der Waals surface area contributed by atoms with E-state index >= 15 is 0 Å². The number of rotatable bonds is 3. The standard InChI is InChI=1S/C13H17N2O/c1-11(16)14-8-10-15-9-4-6-12-5-2-3-7-13(12)15/h2,5,7H,4,6,8-10H2,1H3,(H,14,16). The average molecular weight is 217 g/mol. The maximum Gasteiger partial charge on any atom is 0.216 e. The number of carbonyl (C=O) groups is 1. The van der Waals surface area contributed by atoms with Gasteiger partial charge in [-0.1, -0.05) is 12.1 Å². The zero-order valence-corrected chi connectivity index (χ0v) is 9.62. The van der Waals surface area contributed by atoms with Crippen LogP contribution in [0.4, 0.5) is 5.69 Å². The number of aryl methyl sites for hydroxylation is 1. The summed E-state index contributed by atoms with van der Waals surface area (Å²) in [5.41, 5.74) is 2.67. The minimum atomic E-state index is 0.0388. The Bertz CT molecular complexity index is 376. The Labute approximate surface area is 96.5 Å². The molecule has 0 aliphatic carbocycles. The van der Waals surface area contributed by atoms with Gasteiger partial charge in [0, 0.05) is 32.2 Å². The number of fused-ring (bicyclic) bond motifs is 1. The molecule has 0 saturated heterocycles. The molecule has 0 spiro atoms. The van der Waals surface area contributed by atoms with Crippen molar-refractivity contribution in [1.82, 2.24) is 5.32 Å². The number of hydrogen-bond acceptors (Lipinski definition) is 2. The highest BCUT2D eigenvalue weighted by atomic mass is 16.1. The summed E-state index contributed by atoms with van der Waals surface area (Å²) in [5.74, 6) is 0.0388. The van der Waals surface area contributed by atoms with E-state index in [-0.39, 0.29) is 5.91 Å². The van der Waals surface area contributed by atoms with Crippen LogP contribution in [0.1, 0.15) is 18.9 Å². The van der Waals surface area contributed by atoms with Gasteiger partial charge in [0.25, 0.3) is 0 Å². The molecular formula is C13H17N2O. The smallest absolute Gasteiger partial charge is 0.216 e. The van der Waals surface area contributed by atoms with E-state index in [1.807, 2.05) is 12.1 Å². The lowest BCUT2D eigenvalue weighted by atomic mass is 10.0. The molecule has 0 unspecified atom stereocenters. The van der Waals surface area contributed by atoms with Gasteiger partial charge in [0.1, 0.15) is 0 Å². The van der Waals surface area contributed by atoms with Crippen LogP contribution in [0.5, 0.6) is 0 Å². The zero-order valence-electron chi connectivity index (χ0n) is 9.62. The molecule has 0 atom stereocenters. The van der Waals surface area contributed by atoms with E-state index in [0.717, 1.165) is 19.5 Å². The van der Waals surface area contributed by atoms with Gasteiger partial charge in [-0.2, -0.15) is 0 Å². The molecule has 2 rings (SSSR count). The van der Waals surface area contributed by atoms with Gasteiger partial charge in [0.2, 0.25) is 5.91 Å². The van der Waals surface area contributed by atoms with Gasteiger partial charge < -0.3 is 10.2 Å². The molecule has 3 nitrogen and oxygen atoms in total. The second kappa shape index (κ2) is 5.01. The molecule has 3 heteroatoms. The summed E-state index contributed by atoms with van der Waals surface area (Å²) < 4.78 is 0. The average Bonchev–Trinajstić information content (AvgIpc) is 2.29. The molecule has 1 aliphatic rings. The molecular weight excluding hydrogens is 200 g/mol. The Hall–Kier alpha value is -1.51. The number of carbonyl (C=O) groups excluding carboxylic acids is 1. The highest BCUT2D eigenvalue weighted by Gasteiger charge is 2.15. The summed E-state index contributed by atoms with van der Waals surface area (Å²) in [6.45, 7) is 4.22. The highest BCUT2D eigenvalue weighted by molar-refractivity contribution is 5.72. The fourth-order valence-corrected chi connectivity index (χ4v) is 2.14. The predicted octanol–water partition coefficient (Wildman–Crippen LogP) is 1.38. The summed E-state index contributed by atoms with van der Waals surface area (Å²) in [5, 5.41) is 2.83. The quantitative estimate of drug-likeness (QED) is 0.829. The van der Waals surface area contributed by atoms with Crippen molar-refractivity contribution in [1.29, 1.82) is 0 Å². The highest BCUT2D eigenvalue weighted by Crippen LogP contribution is 2.25. The first-order chi connectivity index (χ1) is 7.77. The molecule has 1 heterocycles. The van der Waals surface area contributed by atoms with Crippen molar-refractivity contribution in [2.75, 3.05) is 24.5 Å². The first-order valence-corrected chi connectivity index (χ1v) is 5.76. The number of anilines is 1. The maximum absolute atomic E-state index is 10.8. The number of nitrogens with zero attached hydrogens (tertiary/aromatic N) is 1. The van der Waals surface area contributed by atoms with E-state index in [1.54, 1.807) is 6.92 Å². The Kier molecular flexibility index (Phi) is 3.44. The topological polar surface area (TPSA) is 32.3 Å². The third-order valence-corrected chi connectivity index (χ3v) is 2.90. The van der Waals surface area contributed by atoms with Crippen LogP contribution in [0.15, 0.2) is 18.2 Å². The number of benzene rings is 1.